The van der Waals surface area contributed by atoms with Crippen LogP contribution in [0.3, 0.4) is 0 Å². The van der Waals surface area contributed by atoms with Crippen molar-refractivity contribution in [3.63, 3.8) is 0 Å². The Hall–Kier alpha value is -3.02. The topological polar surface area (TPSA) is 133 Å². The van der Waals surface area contributed by atoms with Gasteiger partial charge in [-0.25, -0.2) is 14.2 Å². The second kappa shape index (κ2) is 8.15. The van der Waals surface area contributed by atoms with E-state index in [2.05, 4.69) is 19.9 Å². The smallest absolute Gasteiger partial charge is 0.234 e. The number of hydrogen-bond donors (Lipinski definition) is 3. The Morgan fingerprint density at radius 3 is 2.59 bits per heavy atom. The van der Waals surface area contributed by atoms with Crippen LogP contribution in [0.15, 0.2) is 36.8 Å². The van der Waals surface area contributed by atoms with Crippen LogP contribution in [0.4, 0.5) is 11.8 Å². The highest BCUT2D eigenvalue weighted by molar-refractivity contribution is 7.76. The van der Waals surface area contributed by atoms with Crippen LogP contribution in [-0.4, -0.2) is 66.3 Å². The van der Waals surface area contributed by atoms with Gasteiger partial charge in [0.15, 0.2) is 11.6 Å². The number of aromatic amines is 1. The molecule has 10 nitrogen and oxygen atoms in total. The first kappa shape index (κ1) is 19.3. The van der Waals surface area contributed by atoms with E-state index in [4.69, 9.17) is 15.5 Å². The number of nitrogen functional groups attached to an aromatic ring is 1. The molecule has 0 bridgehead atoms. The fourth-order valence-corrected chi connectivity index (χ4v) is 3.73. The Morgan fingerprint density at radius 1 is 1.21 bits per heavy atom. The Morgan fingerprint density at radius 2 is 1.93 bits per heavy atom. The fraction of sp³-hybridized carbons (Fsp3) is 0.278. The van der Waals surface area contributed by atoms with Gasteiger partial charge in [-0.1, -0.05) is 0 Å². The highest BCUT2D eigenvalue weighted by atomic mass is 32.2. The lowest BCUT2D eigenvalue weighted by Crippen LogP contribution is -2.47. The second-order valence-corrected chi connectivity index (χ2v) is 7.46. The van der Waals surface area contributed by atoms with Gasteiger partial charge in [0, 0.05) is 55.9 Å². The fourth-order valence-electron chi connectivity index (χ4n) is 3.25. The first-order valence-electron chi connectivity index (χ1n) is 8.98. The van der Waals surface area contributed by atoms with Crippen LogP contribution in [0.2, 0.25) is 0 Å². The summed E-state index contributed by atoms with van der Waals surface area (Å²) < 4.78 is 27.4. The minimum Gasteiger partial charge on any atom is -0.493 e. The van der Waals surface area contributed by atoms with E-state index in [1.807, 2.05) is 12.1 Å². The zero-order valence-electron chi connectivity index (χ0n) is 15.8. The monoisotopic (exact) mass is 415 g/mol. The average Bonchev–Trinajstić information content (AvgIpc) is 3.20. The molecule has 1 atom stereocenters. The van der Waals surface area contributed by atoms with Gasteiger partial charge in [0.25, 0.3) is 0 Å². The van der Waals surface area contributed by atoms with Crippen molar-refractivity contribution < 1.29 is 13.5 Å². The van der Waals surface area contributed by atoms with E-state index in [1.165, 1.54) is 4.31 Å². The van der Waals surface area contributed by atoms with E-state index in [-0.39, 0.29) is 0 Å². The molecule has 3 aromatic heterocycles. The first-order chi connectivity index (χ1) is 14.1. The largest absolute Gasteiger partial charge is 0.493 e. The molecule has 0 spiro atoms. The Kier molecular flexibility index (Phi) is 5.43. The zero-order chi connectivity index (χ0) is 20.4. The van der Waals surface area contributed by atoms with Gasteiger partial charge in [0.2, 0.25) is 17.2 Å². The standard InChI is InChI=1S/C18H21N7O3S/c1-28-14-10-13(11-21-17(14)19)16-15(12-2-4-20-5-3-12)22-18(23-16)24-6-8-25(9-7-24)29(26)27/h2-5,10-11H,6-9H2,1H3,(H2,19,21)(H,22,23)(H,26,27). The zero-order valence-corrected chi connectivity index (χ0v) is 16.6. The molecule has 0 radical (unpaired) electrons. The van der Waals surface area contributed by atoms with Gasteiger partial charge in [0.1, 0.15) is 5.69 Å². The lowest BCUT2D eigenvalue weighted by Gasteiger charge is -2.31. The Balaban J connectivity index is 1.73. The summed E-state index contributed by atoms with van der Waals surface area (Å²) in [5.74, 6) is 1.48. The number of H-pyrrole nitrogens is 1. The third kappa shape index (κ3) is 3.92. The van der Waals surface area contributed by atoms with Crippen LogP contribution < -0.4 is 15.4 Å². The van der Waals surface area contributed by atoms with Crippen LogP contribution in [0.1, 0.15) is 0 Å². The maximum absolute atomic E-state index is 11.3. The molecule has 0 amide bonds. The number of rotatable bonds is 5. The maximum atomic E-state index is 11.3. The van der Waals surface area contributed by atoms with Crippen molar-refractivity contribution in [2.75, 3.05) is 43.9 Å². The van der Waals surface area contributed by atoms with Crippen molar-refractivity contribution >= 4 is 23.0 Å². The van der Waals surface area contributed by atoms with Gasteiger partial charge >= 0.3 is 0 Å². The van der Waals surface area contributed by atoms with Gasteiger partial charge in [-0.3, -0.25) is 9.54 Å². The van der Waals surface area contributed by atoms with E-state index in [1.54, 1.807) is 31.8 Å². The minimum atomic E-state index is -1.95. The predicted molar refractivity (Wildman–Crippen MR) is 111 cm³/mol. The second-order valence-electron chi connectivity index (χ2n) is 6.48. The summed E-state index contributed by atoms with van der Waals surface area (Å²) in [6.07, 6.45) is 5.10. The molecule has 1 aliphatic rings. The maximum Gasteiger partial charge on any atom is 0.234 e. The highest BCUT2D eigenvalue weighted by Crippen LogP contribution is 2.34. The number of nitrogens with zero attached hydrogens (tertiary/aromatic N) is 5. The number of aromatic nitrogens is 4. The molecular weight excluding hydrogens is 394 g/mol. The number of ether oxygens (including phenoxy) is 1. The van der Waals surface area contributed by atoms with E-state index in [0.29, 0.717) is 49.4 Å². The molecule has 4 N–H and O–H groups in total. The summed E-state index contributed by atoms with van der Waals surface area (Å²) in [5, 5.41) is 0. The summed E-state index contributed by atoms with van der Waals surface area (Å²) in [6.45, 7) is 2.11. The van der Waals surface area contributed by atoms with Crippen molar-refractivity contribution in [2.24, 2.45) is 0 Å². The highest BCUT2D eigenvalue weighted by Gasteiger charge is 2.24. The molecule has 0 aliphatic carbocycles. The van der Waals surface area contributed by atoms with Crippen LogP contribution in [0, 0.1) is 0 Å². The van der Waals surface area contributed by atoms with Crippen molar-refractivity contribution in [2.45, 2.75) is 0 Å². The van der Waals surface area contributed by atoms with Crippen molar-refractivity contribution in [3.8, 4) is 28.3 Å². The predicted octanol–water partition coefficient (Wildman–Crippen LogP) is 1.38. The minimum absolute atomic E-state index is 0.311. The molecule has 1 aliphatic heterocycles. The molecule has 11 heteroatoms. The van der Waals surface area contributed by atoms with Crippen LogP contribution in [-0.2, 0) is 11.3 Å². The van der Waals surface area contributed by atoms with Crippen LogP contribution in [0.5, 0.6) is 5.75 Å². The van der Waals surface area contributed by atoms with Gasteiger partial charge in [-0.15, -0.1) is 0 Å². The number of hydrogen-bond acceptors (Lipinski definition) is 7. The molecule has 0 aromatic carbocycles. The Labute approximate surface area is 170 Å². The SMILES string of the molecule is COc1cc(-c2nc(N3CCN(S(=O)O)CC3)[nH]c2-c2ccncc2)cnc1N. The third-order valence-electron chi connectivity index (χ3n) is 4.79. The van der Waals surface area contributed by atoms with E-state index in [0.717, 1.165) is 16.8 Å². The summed E-state index contributed by atoms with van der Waals surface area (Å²) in [6, 6.07) is 5.60. The van der Waals surface area contributed by atoms with Crippen molar-refractivity contribution in [1.29, 1.82) is 0 Å². The lowest BCUT2D eigenvalue weighted by molar-refractivity contribution is 0.372. The number of piperazine rings is 1. The quantitative estimate of drug-likeness (QED) is 0.532. The van der Waals surface area contributed by atoms with Crippen LogP contribution in [0.25, 0.3) is 22.5 Å². The molecule has 152 valence electrons. The van der Waals surface area contributed by atoms with Gasteiger partial charge < -0.3 is 20.4 Å². The van der Waals surface area contributed by atoms with E-state index < -0.39 is 11.3 Å². The molecule has 1 unspecified atom stereocenters. The van der Waals surface area contributed by atoms with E-state index >= 15 is 0 Å². The number of anilines is 2. The molecule has 1 fully saturated rings. The third-order valence-corrected chi connectivity index (χ3v) is 5.60. The number of nitrogens with two attached hydrogens (primary N) is 1. The number of methoxy groups -OCH3 is 1. The first-order valence-corrected chi connectivity index (χ1v) is 10.0. The van der Waals surface area contributed by atoms with Crippen molar-refractivity contribution in [3.05, 3.63) is 36.8 Å². The molecule has 29 heavy (non-hydrogen) atoms. The number of pyridine rings is 2. The number of imidazole rings is 1. The van der Waals surface area contributed by atoms with Gasteiger partial charge in [-0.05, 0) is 18.2 Å². The molecule has 4 rings (SSSR count). The molecule has 0 saturated carbocycles. The summed E-state index contributed by atoms with van der Waals surface area (Å²) in [4.78, 5) is 18.6. The molecule has 3 aromatic rings. The van der Waals surface area contributed by atoms with Gasteiger partial charge in [-0.2, -0.15) is 4.31 Å². The van der Waals surface area contributed by atoms with Gasteiger partial charge in [0.05, 0.1) is 12.8 Å². The summed E-state index contributed by atoms with van der Waals surface area (Å²) in [7, 11) is 1.54. The number of nitrogens with one attached hydrogen (secondary N) is 1. The van der Waals surface area contributed by atoms with Crippen molar-refractivity contribution in [1.82, 2.24) is 24.2 Å². The summed E-state index contributed by atoms with van der Waals surface area (Å²) in [5.41, 5.74) is 9.09. The molecule has 4 heterocycles. The average molecular weight is 415 g/mol. The van der Waals surface area contributed by atoms with Crippen LogP contribution >= 0.6 is 0 Å². The van der Waals surface area contributed by atoms with E-state index in [9.17, 15) is 8.76 Å². The molecular formula is C18H21N7O3S. The summed E-state index contributed by atoms with van der Waals surface area (Å²) >= 11 is -1.95. The Bertz CT molecular complexity index is 1020. The lowest BCUT2D eigenvalue weighted by atomic mass is 10.1. The molecule has 1 saturated heterocycles. The normalized spacial score (nSPS) is 16.0.